The van der Waals surface area contributed by atoms with Crippen LogP contribution in [0.3, 0.4) is 0 Å². The average Bonchev–Trinajstić information content (AvgIpc) is 3.09. The highest BCUT2D eigenvalue weighted by atomic mass is 19.4. The van der Waals surface area contributed by atoms with Crippen LogP contribution in [0.1, 0.15) is 17.5 Å². The SMILES string of the molecule is Cc1cc(N2CCCN(CCO)CC2)nc2ccc(NC(=O)C=Cc3ccc(OC(F)(F)F)cc3)cc12. The molecule has 1 aliphatic heterocycles. The number of ether oxygens (including phenoxy) is 1. The van der Waals surface area contributed by atoms with Gasteiger partial charge in [-0.2, -0.15) is 0 Å². The Labute approximate surface area is 213 Å². The summed E-state index contributed by atoms with van der Waals surface area (Å²) in [4.78, 5) is 21.8. The summed E-state index contributed by atoms with van der Waals surface area (Å²) in [7, 11) is 0. The van der Waals surface area contributed by atoms with E-state index in [9.17, 15) is 23.1 Å². The largest absolute Gasteiger partial charge is 0.573 e. The van der Waals surface area contributed by atoms with E-state index in [0.717, 1.165) is 54.9 Å². The van der Waals surface area contributed by atoms with Gasteiger partial charge in [-0.05, 0) is 73.5 Å². The van der Waals surface area contributed by atoms with Crippen LogP contribution in [0.25, 0.3) is 17.0 Å². The second kappa shape index (κ2) is 11.6. The topological polar surface area (TPSA) is 77.9 Å². The Hall–Kier alpha value is -3.63. The number of aromatic nitrogens is 1. The number of fused-ring (bicyclic) bond motifs is 1. The molecule has 10 heteroatoms. The summed E-state index contributed by atoms with van der Waals surface area (Å²) in [5, 5.41) is 13.0. The van der Waals surface area contributed by atoms with Gasteiger partial charge >= 0.3 is 6.36 Å². The zero-order valence-corrected chi connectivity index (χ0v) is 20.5. The lowest BCUT2D eigenvalue weighted by Gasteiger charge is -2.23. The van der Waals surface area contributed by atoms with Crippen LogP contribution < -0.4 is 15.0 Å². The molecule has 1 amide bonds. The number of alkyl halides is 3. The second-order valence-electron chi connectivity index (χ2n) is 8.87. The minimum Gasteiger partial charge on any atom is -0.406 e. The van der Waals surface area contributed by atoms with Gasteiger partial charge in [-0.1, -0.05) is 12.1 Å². The van der Waals surface area contributed by atoms with Gasteiger partial charge in [0.15, 0.2) is 0 Å². The van der Waals surface area contributed by atoms with Crippen LogP contribution in [-0.2, 0) is 4.79 Å². The van der Waals surface area contributed by atoms with Crippen LogP contribution in [0, 0.1) is 6.92 Å². The van der Waals surface area contributed by atoms with E-state index in [2.05, 4.69) is 25.9 Å². The summed E-state index contributed by atoms with van der Waals surface area (Å²) in [6.45, 7) is 6.44. The maximum Gasteiger partial charge on any atom is 0.573 e. The second-order valence-corrected chi connectivity index (χ2v) is 8.87. The number of nitrogens with zero attached hydrogens (tertiary/aromatic N) is 3. The van der Waals surface area contributed by atoms with Crippen molar-refractivity contribution < 1.29 is 27.8 Å². The van der Waals surface area contributed by atoms with E-state index in [0.29, 0.717) is 17.8 Å². The normalized spacial score (nSPS) is 15.2. The van der Waals surface area contributed by atoms with E-state index in [1.807, 2.05) is 19.1 Å². The molecule has 7 nitrogen and oxygen atoms in total. The molecule has 4 rings (SSSR count). The van der Waals surface area contributed by atoms with Crippen LogP contribution in [-0.4, -0.2) is 66.6 Å². The molecule has 196 valence electrons. The van der Waals surface area contributed by atoms with Gasteiger partial charge in [0.1, 0.15) is 11.6 Å². The number of hydrogen-bond acceptors (Lipinski definition) is 6. The number of anilines is 2. The number of carbonyl (C=O) groups excluding carboxylic acids is 1. The molecule has 2 aromatic carbocycles. The summed E-state index contributed by atoms with van der Waals surface area (Å²) < 4.78 is 40.7. The van der Waals surface area contributed by atoms with E-state index >= 15 is 0 Å². The number of amides is 1. The minimum atomic E-state index is -4.75. The van der Waals surface area contributed by atoms with Crippen LogP contribution in [0.4, 0.5) is 24.7 Å². The molecule has 1 fully saturated rings. The molecule has 0 radical (unpaired) electrons. The summed E-state index contributed by atoms with van der Waals surface area (Å²) in [5.74, 6) is 0.230. The predicted molar refractivity (Wildman–Crippen MR) is 138 cm³/mol. The molecule has 0 saturated carbocycles. The summed E-state index contributed by atoms with van der Waals surface area (Å²) in [6.07, 6.45) is -0.919. The van der Waals surface area contributed by atoms with Crippen molar-refractivity contribution in [3.8, 4) is 5.75 Å². The quantitative estimate of drug-likeness (QED) is 0.449. The third kappa shape index (κ3) is 7.43. The van der Waals surface area contributed by atoms with Crippen molar-refractivity contribution in [1.29, 1.82) is 0 Å². The van der Waals surface area contributed by atoms with Crippen LogP contribution in [0.5, 0.6) is 5.75 Å². The van der Waals surface area contributed by atoms with Crippen LogP contribution in [0.2, 0.25) is 0 Å². The van der Waals surface area contributed by atoms with Crippen molar-refractivity contribution in [1.82, 2.24) is 9.88 Å². The van der Waals surface area contributed by atoms with Crippen LogP contribution >= 0.6 is 0 Å². The maximum absolute atomic E-state index is 12.4. The monoisotopic (exact) mass is 514 g/mol. The number of aliphatic hydroxyl groups is 1. The number of halogens is 3. The number of aryl methyl sites for hydroxylation is 1. The predicted octanol–water partition coefficient (Wildman–Crippen LogP) is 4.60. The number of aliphatic hydroxyl groups excluding tert-OH is 1. The number of hydrogen-bond donors (Lipinski definition) is 2. The van der Waals surface area contributed by atoms with E-state index in [1.165, 1.54) is 36.4 Å². The van der Waals surface area contributed by atoms with Gasteiger partial charge in [-0.25, -0.2) is 4.98 Å². The fourth-order valence-electron chi connectivity index (χ4n) is 4.32. The van der Waals surface area contributed by atoms with Crippen molar-refractivity contribution in [3.63, 3.8) is 0 Å². The highest BCUT2D eigenvalue weighted by molar-refractivity contribution is 6.03. The molecule has 2 heterocycles. The van der Waals surface area contributed by atoms with Crippen molar-refractivity contribution in [2.75, 3.05) is 49.5 Å². The minimum absolute atomic E-state index is 0.163. The third-order valence-electron chi connectivity index (χ3n) is 6.14. The third-order valence-corrected chi connectivity index (χ3v) is 6.14. The fraction of sp³-hybridized carbons (Fsp3) is 0.333. The van der Waals surface area contributed by atoms with Crippen molar-refractivity contribution in [2.24, 2.45) is 0 Å². The van der Waals surface area contributed by atoms with E-state index in [1.54, 1.807) is 6.07 Å². The van der Waals surface area contributed by atoms with Crippen molar-refractivity contribution >= 4 is 34.4 Å². The van der Waals surface area contributed by atoms with Gasteiger partial charge in [0.25, 0.3) is 0 Å². The van der Waals surface area contributed by atoms with Gasteiger partial charge in [0.2, 0.25) is 5.91 Å². The van der Waals surface area contributed by atoms with Gasteiger partial charge in [-0.3, -0.25) is 9.69 Å². The molecule has 1 aliphatic rings. The summed E-state index contributed by atoms with van der Waals surface area (Å²) in [6, 6.07) is 12.8. The number of pyridine rings is 1. The molecule has 2 N–H and O–H groups in total. The fourth-order valence-corrected chi connectivity index (χ4v) is 4.32. The first kappa shape index (κ1) is 26.4. The Morgan fingerprint density at radius 3 is 2.62 bits per heavy atom. The first-order valence-electron chi connectivity index (χ1n) is 12.0. The number of benzene rings is 2. The van der Waals surface area contributed by atoms with E-state index in [4.69, 9.17) is 4.98 Å². The van der Waals surface area contributed by atoms with E-state index < -0.39 is 6.36 Å². The lowest BCUT2D eigenvalue weighted by Crippen LogP contribution is -2.32. The Morgan fingerprint density at radius 2 is 1.89 bits per heavy atom. The number of carbonyl (C=O) groups is 1. The Balaban J connectivity index is 1.41. The van der Waals surface area contributed by atoms with Crippen LogP contribution in [0.15, 0.2) is 54.6 Å². The zero-order valence-electron chi connectivity index (χ0n) is 20.5. The molecule has 1 aromatic heterocycles. The van der Waals surface area contributed by atoms with Gasteiger partial charge in [0.05, 0.1) is 12.1 Å². The first-order valence-corrected chi connectivity index (χ1v) is 12.0. The molecule has 1 saturated heterocycles. The Kier molecular flexibility index (Phi) is 8.30. The van der Waals surface area contributed by atoms with E-state index in [-0.39, 0.29) is 18.3 Å². The molecule has 37 heavy (non-hydrogen) atoms. The molecule has 0 bridgehead atoms. The summed E-state index contributed by atoms with van der Waals surface area (Å²) >= 11 is 0. The molecule has 0 spiro atoms. The highest BCUT2D eigenvalue weighted by Gasteiger charge is 2.30. The standard InChI is InChI=1S/C27H29F3N4O3/c1-19-17-25(34-12-2-11-33(13-14-34)15-16-35)32-24-9-6-21(18-23(19)24)31-26(36)10-5-20-3-7-22(8-4-20)37-27(28,29)30/h3-10,17-18,35H,2,11-16H2,1H3,(H,31,36). The maximum atomic E-state index is 12.4. The smallest absolute Gasteiger partial charge is 0.406 e. The first-order chi connectivity index (χ1) is 17.7. The van der Waals surface area contributed by atoms with Gasteiger partial charge in [0, 0.05) is 43.3 Å². The summed E-state index contributed by atoms with van der Waals surface area (Å²) in [5.41, 5.74) is 3.05. The molecule has 0 atom stereocenters. The highest BCUT2D eigenvalue weighted by Crippen LogP contribution is 2.26. The lowest BCUT2D eigenvalue weighted by atomic mass is 10.1. The van der Waals surface area contributed by atoms with Crippen molar-refractivity contribution in [3.05, 3.63) is 65.7 Å². The average molecular weight is 515 g/mol. The Morgan fingerprint density at radius 1 is 1.11 bits per heavy atom. The number of β-amino-alcohol motifs (C(OH)–C–C–N with tert-alkyl or cyclic N) is 1. The molecule has 3 aromatic rings. The molecule has 0 aliphatic carbocycles. The zero-order chi connectivity index (χ0) is 26.4. The lowest BCUT2D eigenvalue weighted by molar-refractivity contribution is -0.274. The molecular weight excluding hydrogens is 485 g/mol. The Bertz CT molecular complexity index is 1260. The molecule has 0 unspecified atom stereocenters. The number of rotatable bonds is 7. The number of nitrogens with one attached hydrogen (secondary N) is 1. The van der Waals surface area contributed by atoms with Gasteiger partial charge < -0.3 is 20.1 Å². The van der Waals surface area contributed by atoms with Crippen molar-refractivity contribution in [2.45, 2.75) is 19.7 Å². The van der Waals surface area contributed by atoms with Gasteiger partial charge in [-0.15, -0.1) is 13.2 Å². The molecular formula is C27H29F3N4O3.